The molecule has 1 spiro atoms. The van der Waals surface area contributed by atoms with Crippen molar-refractivity contribution >= 4 is 18.3 Å². The lowest BCUT2D eigenvalue weighted by molar-refractivity contribution is -0.124. The van der Waals surface area contributed by atoms with Crippen LogP contribution in [0.4, 0.5) is 0 Å². The predicted octanol–water partition coefficient (Wildman–Crippen LogP) is 1.24. The molecule has 1 aliphatic heterocycles. The highest BCUT2D eigenvalue weighted by Crippen LogP contribution is 2.39. The van der Waals surface area contributed by atoms with Gasteiger partial charge in [0.2, 0.25) is 5.91 Å². The van der Waals surface area contributed by atoms with Crippen LogP contribution >= 0.6 is 12.4 Å². The van der Waals surface area contributed by atoms with Gasteiger partial charge in [0.25, 0.3) is 0 Å². The summed E-state index contributed by atoms with van der Waals surface area (Å²) in [6.45, 7) is 1.20. The molecule has 0 bridgehead atoms. The Balaban J connectivity index is 0.00000144. The zero-order chi connectivity index (χ0) is 11.4. The van der Waals surface area contributed by atoms with Gasteiger partial charge in [-0.2, -0.15) is 0 Å². The Hall–Kier alpha value is -0.320. The fourth-order valence-corrected chi connectivity index (χ4v) is 2.96. The van der Waals surface area contributed by atoms with Crippen molar-refractivity contribution in [2.45, 2.75) is 50.2 Å². The number of hydrogen-bond acceptors (Lipinski definition) is 3. The molecule has 100 valence electrons. The molecule has 1 saturated carbocycles. The lowest BCUT2D eigenvalue weighted by Crippen LogP contribution is -2.48. The van der Waals surface area contributed by atoms with Crippen molar-refractivity contribution < 1.29 is 9.53 Å². The van der Waals surface area contributed by atoms with Gasteiger partial charge in [-0.1, -0.05) is 12.8 Å². The van der Waals surface area contributed by atoms with Crippen LogP contribution in [-0.2, 0) is 9.53 Å². The maximum atomic E-state index is 11.5. The molecule has 1 aliphatic carbocycles. The third kappa shape index (κ3) is 3.83. The number of ether oxygens (including phenoxy) is 1. The molecule has 17 heavy (non-hydrogen) atoms. The van der Waals surface area contributed by atoms with Crippen molar-refractivity contribution in [1.29, 1.82) is 0 Å². The molecule has 1 unspecified atom stereocenters. The molecule has 0 aromatic rings. The number of carbonyl (C=O) groups is 1. The summed E-state index contributed by atoms with van der Waals surface area (Å²) in [5.41, 5.74) is 0.0931. The van der Waals surface area contributed by atoms with E-state index in [0.29, 0.717) is 12.6 Å². The molecular formula is C12H23ClN2O2. The maximum absolute atomic E-state index is 11.5. The summed E-state index contributed by atoms with van der Waals surface area (Å²) < 4.78 is 5.93. The van der Waals surface area contributed by atoms with E-state index in [2.05, 4.69) is 10.6 Å². The van der Waals surface area contributed by atoms with Crippen molar-refractivity contribution in [3.8, 4) is 0 Å². The third-order valence-electron chi connectivity index (χ3n) is 3.71. The van der Waals surface area contributed by atoms with E-state index in [1.165, 1.54) is 25.7 Å². The van der Waals surface area contributed by atoms with E-state index in [1.807, 2.05) is 0 Å². The van der Waals surface area contributed by atoms with Gasteiger partial charge in [-0.05, 0) is 32.7 Å². The molecule has 2 aliphatic rings. The molecule has 2 rings (SSSR count). The van der Waals surface area contributed by atoms with Crippen LogP contribution in [-0.4, -0.2) is 37.7 Å². The first-order valence-corrected chi connectivity index (χ1v) is 6.32. The summed E-state index contributed by atoms with van der Waals surface area (Å²) in [5.74, 6) is 0.0996. The third-order valence-corrected chi connectivity index (χ3v) is 3.71. The number of likely N-dealkylation sites (N-methyl/N-ethyl adjacent to an activating group) is 1. The van der Waals surface area contributed by atoms with E-state index in [9.17, 15) is 4.79 Å². The Labute approximate surface area is 109 Å². The highest BCUT2D eigenvalue weighted by molar-refractivity contribution is 5.85. The Bertz CT molecular complexity index is 255. The number of nitrogens with one attached hydrogen (secondary N) is 2. The molecule has 1 saturated heterocycles. The zero-order valence-electron chi connectivity index (χ0n) is 10.5. The average Bonchev–Trinajstić information content (AvgIpc) is 2.66. The minimum Gasteiger partial charge on any atom is -0.375 e. The molecule has 1 heterocycles. The van der Waals surface area contributed by atoms with E-state index in [4.69, 9.17) is 4.74 Å². The smallest absolute Gasteiger partial charge is 0.234 e. The van der Waals surface area contributed by atoms with Gasteiger partial charge < -0.3 is 15.4 Å². The van der Waals surface area contributed by atoms with E-state index in [1.54, 1.807) is 7.05 Å². The summed E-state index contributed by atoms with van der Waals surface area (Å²) in [6.07, 6.45) is 6.85. The average molecular weight is 263 g/mol. The largest absolute Gasteiger partial charge is 0.375 e. The van der Waals surface area contributed by atoms with Crippen molar-refractivity contribution in [1.82, 2.24) is 10.6 Å². The summed E-state index contributed by atoms with van der Waals surface area (Å²) in [7, 11) is 1.79. The van der Waals surface area contributed by atoms with Crippen LogP contribution in [0, 0.1) is 0 Å². The fraction of sp³-hybridized carbons (Fsp3) is 0.917. The summed E-state index contributed by atoms with van der Waals surface area (Å²) in [5, 5.41) is 5.96. The number of rotatable bonds is 3. The highest BCUT2D eigenvalue weighted by Gasteiger charge is 2.40. The molecule has 5 heteroatoms. The number of hydrogen-bond donors (Lipinski definition) is 2. The highest BCUT2D eigenvalue weighted by atomic mass is 35.5. The van der Waals surface area contributed by atoms with Crippen molar-refractivity contribution in [2.75, 3.05) is 20.2 Å². The molecule has 2 N–H and O–H groups in total. The fourth-order valence-electron chi connectivity index (χ4n) is 2.96. The second kappa shape index (κ2) is 6.57. The van der Waals surface area contributed by atoms with Crippen LogP contribution < -0.4 is 10.6 Å². The Morgan fingerprint density at radius 2 is 2.12 bits per heavy atom. The van der Waals surface area contributed by atoms with Crippen LogP contribution in [0.2, 0.25) is 0 Å². The first kappa shape index (κ1) is 14.7. The minimum atomic E-state index is 0. The first-order valence-electron chi connectivity index (χ1n) is 6.32. The first-order chi connectivity index (χ1) is 7.74. The second-order valence-corrected chi connectivity index (χ2v) is 5.03. The van der Waals surface area contributed by atoms with Gasteiger partial charge in [0, 0.05) is 12.6 Å². The monoisotopic (exact) mass is 262 g/mol. The molecule has 0 aromatic carbocycles. The van der Waals surface area contributed by atoms with Crippen LogP contribution in [0.25, 0.3) is 0 Å². The second-order valence-electron chi connectivity index (χ2n) is 5.03. The summed E-state index contributed by atoms with van der Waals surface area (Å²) in [6, 6.07) is 0.313. The van der Waals surface area contributed by atoms with Crippen LogP contribution in [0.1, 0.15) is 38.5 Å². The van der Waals surface area contributed by atoms with Crippen LogP contribution in [0.5, 0.6) is 0 Å². The molecule has 4 nitrogen and oxygen atoms in total. The number of halogens is 1. The molecular weight excluding hydrogens is 240 g/mol. The van der Waals surface area contributed by atoms with Gasteiger partial charge in [-0.25, -0.2) is 0 Å². The number of carbonyl (C=O) groups excluding carboxylic acids is 1. The molecule has 1 amide bonds. The van der Waals surface area contributed by atoms with Crippen molar-refractivity contribution in [3.63, 3.8) is 0 Å². The Morgan fingerprint density at radius 3 is 2.76 bits per heavy atom. The summed E-state index contributed by atoms with van der Waals surface area (Å²) in [4.78, 5) is 11.5. The Morgan fingerprint density at radius 1 is 1.41 bits per heavy atom. The SMILES string of the molecule is CNCC(=O)NC1CCOC2(CCCC2)C1.Cl. The van der Waals surface area contributed by atoms with Gasteiger partial charge in [-0.3, -0.25) is 4.79 Å². The normalized spacial score (nSPS) is 26.5. The van der Waals surface area contributed by atoms with Crippen LogP contribution in [0.15, 0.2) is 0 Å². The topological polar surface area (TPSA) is 50.4 Å². The van der Waals surface area contributed by atoms with E-state index < -0.39 is 0 Å². The van der Waals surface area contributed by atoms with Gasteiger partial charge in [-0.15, -0.1) is 12.4 Å². The zero-order valence-corrected chi connectivity index (χ0v) is 11.3. The molecule has 2 fully saturated rings. The summed E-state index contributed by atoms with van der Waals surface area (Å²) >= 11 is 0. The van der Waals surface area contributed by atoms with E-state index in [0.717, 1.165) is 19.4 Å². The minimum absolute atomic E-state index is 0. The van der Waals surface area contributed by atoms with Crippen molar-refractivity contribution in [2.24, 2.45) is 0 Å². The van der Waals surface area contributed by atoms with E-state index in [-0.39, 0.29) is 23.9 Å². The van der Waals surface area contributed by atoms with Gasteiger partial charge >= 0.3 is 0 Å². The van der Waals surface area contributed by atoms with Crippen molar-refractivity contribution in [3.05, 3.63) is 0 Å². The molecule has 1 atom stereocenters. The van der Waals surface area contributed by atoms with Gasteiger partial charge in [0.15, 0.2) is 0 Å². The van der Waals surface area contributed by atoms with Gasteiger partial charge in [0.1, 0.15) is 0 Å². The Kier molecular flexibility index (Phi) is 5.70. The van der Waals surface area contributed by atoms with Crippen LogP contribution in [0.3, 0.4) is 0 Å². The lowest BCUT2D eigenvalue weighted by atomic mass is 9.89. The standard InChI is InChI=1S/C12H22N2O2.ClH/c1-13-9-11(15)14-10-4-7-16-12(8-10)5-2-3-6-12;/h10,13H,2-9H2,1H3,(H,14,15);1H. The van der Waals surface area contributed by atoms with E-state index >= 15 is 0 Å². The quantitative estimate of drug-likeness (QED) is 0.805. The number of amides is 1. The predicted molar refractivity (Wildman–Crippen MR) is 69.5 cm³/mol. The van der Waals surface area contributed by atoms with Gasteiger partial charge in [0.05, 0.1) is 12.1 Å². The maximum Gasteiger partial charge on any atom is 0.234 e. The molecule has 0 radical (unpaired) electrons. The molecule has 0 aromatic heterocycles. The lowest BCUT2D eigenvalue weighted by Gasteiger charge is -2.38.